The Morgan fingerprint density at radius 1 is 0.412 bits per heavy atom. The first-order valence-electron chi connectivity index (χ1n) is 24.5. The molecule has 4 heteroatoms. The van der Waals surface area contributed by atoms with Crippen LogP contribution in [0.2, 0.25) is 0 Å². The molecule has 68 heavy (non-hydrogen) atoms. The van der Waals surface area contributed by atoms with Crippen LogP contribution in [0.3, 0.4) is 0 Å². The van der Waals surface area contributed by atoms with E-state index >= 15 is 0 Å². The molecule has 0 spiro atoms. The molecule has 0 amide bonds. The molecule has 0 saturated carbocycles. The van der Waals surface area contributed by atoms with Gasteiger partial charge < -0.3 is 9.80 Å². The fourth-order valence-corrected chi connectivity index (χ4v) is 12.6. The molecule has 0 aliphatic carbocycles. The van der Waals surface area contributed by atoms with Gasteiger partial charge in [0.2, 0.25) is 11.4 Å². The van der Waals surface area contributed by atoms with Gasteiger partial charge in [0.05, 0.1) is 10.8 Å². The summed E-state index contributed by atoms with van der Waals surface area (Å²) in [6, 6.07) is 54.1. The van der Waals surface area contributed by atoms with Crippen LogP contribution in [-0.2, 0) is 34.7 Å². The molecule has 0 unspecified atom stereocenters. The summed E-state index contributed by atoms with van der Waals surface area (Å²) in [5.41, 5.74) is 17.9. The van der Waals surface area contributed by atoms with Crippen molar-refractivity contribution >= 4 is 55.7 Å². The van der Waals surface area contributed by atoms with E-state index in [1.54, 1.807) is 0 Å². The van der Waals surface area contributed by atoms with Gasteiger partial charge in [-0.05, 0) is 95.8 Å². The average molecular weight is 889 g/mol. The molecular weight excluding hydrogens is 825 g/mol. The minimum absolute atomic E-state index is 0.0872. The normalized spacial score (nSPS) is 19.7. The zero-order chi connectivity index (χ0) is 47.3. The van der Waals surface area contributed by atoms with Crippen LogP contribution in [0.1, 0.15) is 88.8 Å². The SMILES string of the molecule is C[N+]1=C(/C=C/C=C2\N(Cc3ccc(CN4/C(=C\C=C\C5=[N+](C)c6ccccc6C5(C)C)C(C)(C)c5c4ccc4ccccc54)cc3)c3ccc4ccccc4c3C2(C)C)C(C)(C)c2ccccc21. The number of allylic oxidation sites excluding steroid dienone is 8. The lowest BCUT2D eigenvalue weighted by Crippen LogP contribution is -2.27. The van der Waals surface area contributed by atoms with E-state index in [-0.39, 0.29) is 21.7 Å². The first kappa shape index (κ1) is 43.5. The Morgan fingerprint density at radius 3 is 1.18 bits per heavy atom. The van der Waals surface area contributed by atoms with Gasteiger partial charge in [0, 0.05) is 82.1 Å². The second kappa shape index (κ2) is 15.8. The van der Waals surface area contributed by atoms with Crippen molar-refractivity contribution in [2.24, 2.45) is 0 Å². The van der Waals surface area contributed by atoms with Crippen molar-refractivity contribution in [3.8, 4) is 0 Å². The number of hydrogen-bond donors (Lipinski definition) is 0. The number of para-hydroxylation sites is 2. The van der Waals surface area contributed by atoms with Gasteiger partial charge in [-0.3, -0.25) is 0 Å². The van der Waals surface area contributed by atoms with Crippen LogP contribution in [0.25, 0.3) is 21.5 Å². The van der Waals surface area contributed by atoms with E-state index in [1.807, 2.05) is 0 Å². The van der Waals surface area contributed by atoms with Crippen molar-refractivity contribution in [3.05, 3.63) is 227 Å². The second-order valence-corrected chi connectivity index (χ2v) is 21.6. The lowest BCUT2D eigenvalue weighted by molar-refractivity contribution is -0.401. The summed E-state index contributed by atoms with van der Waals surface area (Å²) in [5.74, 6) is 0. The maximum Gasteiger partial charge on any atom is 0.209 e. The molecule has 0 aromatic heterocycles. The standard InChI is InChI=1S/C64H64N4/c1-61(2)49-25-15-17-27-51(49)65(9)55(61)29-19-31-57-63(5,6)59-47-23-13-11-21-45(47)37-39-53(59)67(57)41-43-33-35-44(36-34-43)42-68-54-40-38-46-22-12-14-24-48(46)60(54)64(7,8)58(68)32-20-30-56-62(3,4)50-26-16-18-28-52(50)66(56)10/h11-40H,41-42H2,1-10H3/q+2. The summed E-state index contributed by atoms with van der Waals surface area (Å²) in [6.45, 7) is 20.5. The molecule has 4 nitrogen and oxygen atoms in total. The molecule has 4 aliphatic rings. The maximum absolute atomic E-state index is 2.57. The quantitative estimate of drug-likeness (QED) is 0.141. The van der Waals surface area contributed by atoms with Gasteiger partial charge in [-0.2, -0.15) is 9.15 Å². The summed E-state index contributed by atoms with van der Waals surface area (Å²) < 4.78 is 4.72. The van der Waals surface area contributed by atoms with E-state index in [2.05, 4.69) is 270 Å². The minimum atomic E-state index is -0.214. The number of hydrogen-bond acceptors (Lipinski definition) is 2. The summed E-state index contributed by atoms with van der Waals surface area (Å²) in [5, 5.41) is 5.22. The largest absolute Gasteiger partial charge is 0.340 e. The van der Waals surface area contributed by atoms with Crippen molar-refractivity contribution in [1.82, 2.24) is 0 Å². The molecule has 0 saturated heterocycles. The Bertz CT molecular complexity index is 3190. The highest BCUT2D eigenvalue weighted by Crippen LogP contribution is 2.53. The molecule has 0 atom stereocenters. The van der Waals surface area contributed by atoms with Crippen LogP contribution >= 0.6 is 0 Å². The van der Waals surface area contributed by atoms with Gasteiger partial charge in [0.15, 0.2) is 11.4 Å². The van der Waals surface area contributed by atoms with Gasteiger partial charge in [-0.15, -0.1) is 0 Å². The number of fused-ring (bicyclic) bond motifs is 8. The van der Waals surface area contributed by atoms with E-state index in [0.29, 0.717) is 0 Å². The van der Waals surface area contributed by atoms with Gasteiger partial charge in [-0.25, -0.2) is 0 Å². The van der Waals surface area contributed by atoms with E-state index < -0.39 is 0 Å². The predicted octanol–water partition coefficient (Wildman–Crippen LogP) is 14.9. The van der Waals surface area contributed by atoms with Crippen molar-refractivity contribution in [1.29, 1.82) is 0 Å². The first-order valence-corrected chi connectivity index (χ1v) is 24.5. The van der Waals surface area contributed by atoms with E-state index in [1.165, 1.54) is 100 Å². The van der Waals surface area contributed by atoms with Crippen LogP contribution in [0.5, 0.6) is 0 Å². The number of rotatable bonds is 8. The van der Waals surface area contributed by atoms with Crippen molar-refractivity contribution in [3.63, 3.8) is 0 Å². The number of anilines is 2. The van der Waals surface area contributed by atoms with E-state index in [9.17, 15) is 0 Å². The average Bonchev–Trinajstić information content (AvgIpc) is 3.85. The molecule has 7 aromatic carbocycles. The van der Waals surface area contributed by atoms with E-state index in [4.69, 9.17) is 0 Å². The molecule has 0 bridgehead atoms. The van der Waals surface area contributed by atoms with Crippen molar-refractivity contribution in [2.75, 3.05) is 23.9 Å². The van der Waals surface area contributed by atoms with Crippen molar-refractivity contribution in [2.45, 2.75) is 90.1 Å². The summed E-state index contributed by atoms with van der Waals surface area (Å²) in [6.07, 6.45) is 14.0. The molecular formula is C64H64N4+2. The zero-order valence-corrected chi connectivity index (χ0v) is 41.5. The Hall–Kier alpha value is -7.04. The maximum atomic E-state index is 2.57. The molecule has 0 radical (unpaired) electrons. The van der Waals surface area contributed by atoms with Gasteiger partial charge in [0.25, 0.3) is 0 Å². The van der Waals surface area contributed by atoms with Gasteiger partial charge >= 0.3 is 0 Å². The number of nitrogens with zero attached hydrogens (tertiary/aromatic N) is 4. The highest BCUT2D eigenvalue weighted by molar-refractivity contribution is 6.04. The van der Waals surface area contributed by atoms with Crippen LogP contribution < -0.4 is 9.80 Å². The van der Waals surface area contributed by atoms with Gasteiger partial charge in [0.1, 0.15) is 14.1 Å². The lowest BCUT2D eigenvalue weighted by Gasteiger charge is -2.28. The summed E-state index contributed by atoms with van der Waals surface area (Å²) in [7, 11) is 4.40. The zero-order valence-electron chi connectivity index (χ0n) is 41.5. The fourth-order valence-electron chi connectivity index (χ4n) is 12.6. The highest BCUT2D eigenvalue weighted by atomic mass is 15.2. The lowest BCUT2D eigenvalue weighted by atomic mass is 9.80. The molecule has 4 aliphatic heterocycles. The Morgan fingerprint density at radius 2 is 0.779 bits per heavy atom. The summed E-state index contributed by atoms with van der Waals surface area (Å²) in [4.78, 5) is 5.14. The predicted molar refractivity (Wildman–Crippen MR) is 288 cm³/mol. The molecule has 338 valence electrons. The molecule has 11 rings (SSSR count). The van der Waals surface area contributed by atoms with Gasteiger partial charge in [-0.1, -0.05) is 161 Å². The third kappa shape index (κ3) is 6.62. The number of benzene rings is 7. The third-order valence-electron chi connectivity index (χ3n) is 16.1. The molecule has 0 fully saturated rings. The fraction of sp³-hybridized carbons (Fsp3) is 0.250. The topological polar surface area (TPSA) is 12.5 Å². The van der Waals surface area contributed by atoms with Crippen molar-refractivity contribution < 1.29 is 9.15 Å². The third-order valence-corrected chi connectivity index (χ3v) is 16.1. The van der Waals surface area contributed by atoms with E-state index in [0.717, 1.165) is 13.1 Å². The molecule has 0 N–H and O–H groups in total. The molecule has 4 heterocycles. The Kier molecular flexibility index (Phi) is 10.1. The highest BCUT2D eigenvalue weighted by Gasteiger charge is 2.46. The minimum Gasteiger partial charge on any atom is -0.340 e. The monoisotopic (exact) mass is 889 g/mol. The first-order chi connectivity index (χ1) is 32.6. The Balaban J connectivity index is 0.932. The van der Waals surface area contributed by atoms with Crippen LogP contribution in [-0.4, -0.2) is 34.7 Å². The molecule has 7 aromatic rings. The second-order valence-electron chi connectivity index (χ2n) is 21.6. The summed E-state index contributed by atoms with van der Waals surface area (Å²) >= 11 is 0. The smallest absolute Gasteiger partial charge is 0.209 e. The van der Waals surface area contributed by atoms with Crippen LogP contribution in [0.4, 0.5) is 22.7 Å². The van der Waals surface area contributed by atoms with Crippen LogP contribution in [0, 0.1) is 0 Å². The van der Waals surface area contributed by atoms with Crippen LogP contribution in [0.15, 0.2) is 193 Å². The Labute approximate surface area is 403 Å².